The summed E-state index contributed by atoms with van der Waals surface area (Å²) in [4.78, 5) is 4.93. The molecule has 74 heavy (non-hydrogen) atoms. The van der Waals surface area contributed by atoms with Crippen LogP contribution in [0.4, 0.5) is 34.1 Å². The minimum absolute atomic E-state index is 0.185. The number of aryl methyl sites for hydroxylation is 2. The fraction of sp³-hybridized carbons (Fsp3) is 0.114. The zero-order valence-corrected chi connectivity index (χ0v) is 42.3. The summed E-state index contributed by atoms with van der Waals surface area (Å²) in [6.45, 7) is 13.9. The molecule has 0 amide bonds. The number of hydrogen-bond donors (Lipinski definition) is 0. The molecule has 0 unspecified atom stereocenters. The van der Waals surface area contributed by atoms with E-state index in [1.807, 2.05) is 0 Å². The molecule has 4 nitrogen and oxygen atoms in total. The molecule has 0 aliphatic heterocycles. The van der Waals surface area contributed by atoms with Crippen molar-refractivity contribution in [3.05, 3.63) is 240 Å². The quantitative estimate of drug-likeness (QED) is 0.166. The monoisotopic (exact) mass is 952 g/mol. The third-order valence-electron chi connectivity index (χ3n) is 16.8. The second-order valence-electron chi connectivity index (χ2n) is 21.8. The summed E-state index contributed by atoms with van der Waals surface area (Å²) < 4.78 is 13.8. The second-order valence-corrected chi connectivity index (χ2v) is 21.8. The van der Waals surface area contributed by atoms with Crippen molar-refractivity contribution in [1.82, 2.24) is 0 Å². The molecule has 0 spiro atoms. The maximum absolute atomic E-state index is 7.02. The predicted molar refractivity (Wildman–Crippen MR) is 310 cm³/mol. The van der Waals surface area contributed by atoms with Crippen molar-refractivity contribution in [1.29, 1.82) is 0 Å². The molecule has 2 heterocycles. The lowest BCUT2D eigenvalue weighted by Gasteiger charge is -2.33. The van der Waals surface area contributed by atoms with E-state index in [4.69, 9.17) is 8.83 Å². The topological polar surface area (TPSA) is 32.8 Å². The molecule has 0 saturated heterocycles. The molecule has 354 valence electrons. The Morgan fingerprint density at radius 2 is 0.797 bits per heavy atom. The van der Waals surface area contributed by atoms with Gasteiger partial charge < -0.3 is 18.6 Å². The van der Waals surface area contributed by atoms with Gasteiger partial charge in [-0.2, -0.15) is 0 Å². The Bertz CT molecular complexity index is 4550. The second kappa shape index (κ2) is 15.3. The number of rotatable bonds is 6. The zero-order chi connectivity index (χ0) is 49.8. The lowest BCUT2D eigenvalue weighted by Crippen LogP contribution is -2.21. The third kappa shape index (κ3) is 5.97. The van der Waals surface area contributed by atoms with Crippen molar-refractivity contribution >= 4 is 99.5 Å². The van der Waals surface area contributed by atoms with Crippen LogP contribution in [0.3, 0.4) is 0 Å². The van der Waals surface area contributed by atoms with Crippen LogP contribution in [0.2, 0.25) is 0 Å². The van der Waals surface area contributed by atoms with Crippen molar-refractivity contribution in [2.45, 2.75) is 52.4 Å². The Kier molecular flexibility index (Phi) is 8.87. The van der Waals surface area contributed by atoms with Crippen LogP contribution in [0, 0.1) is 13.8 Å². The highest BCUT2D eigenvalue weighted by atomic mass is 16.3. The molecular formula is C70H52N2O2. The molecule has 0 atom stereocenters. The highest BCUT2D eigenvalue weighted by Gasteiger charge is 2.40. The van der Waals surface area contributed by atoms with Crippen molar-refractivity contribution in [2.75, 3.05) is 9.80 Å². The van der Waals surface area contributed by atoms with Gasteiger partial charge in [0.15, 0.2) is 0 Å². The summed E-state index contributed by atoms with van der Waals surface area (Å²) in [6, 6.07) is 75.9. The minimum atomic E-state index is -0.185. The molecular weight excluding hydrogens is 901 g/mol. The van der Waals surface area contributed by atoms with Crippen LogP contribution >= 0.6 is 0 Å². The first-order chi connectivity index (χ1) is 36.0. The Hall–Kier alpha value is -8.86. The minimum Gasteiger partial charge on any atom is -0.456 e. The van der Waals surface area contributed by atoms with Crippen molar-refractivity contribution in [3.8, 4) is 22.3 Å². The molecule has 2 aliphatic carbocycles. The van der Waals surface area contributed by atoms with E-state index in [0.29, 0.717) is 0 Å². The number of benzene rings is 11. The van der Waals surface area contributed by atoms with Gasteiger partial charge in [-0.3, -0.25) is 0 Å². The zero-order valence-electron chi connectivity index (χ0n) is 42.3. The van der Waals surface area contributed by atoms with E-state index in [1.54, 1.807) is 0 Å². The van der Waals surface area contributed by atoms with Crippen LogP contribution in [0.15, 0.2) is 215 Å². The molecule has 0 radical (unpaired) electrons. The van der Waals surface area contributed by atoms with Crippen LogP contribution in [0.25, 0.3) is 87.7 Å². The van der Waals surface area contributed by atoms with Gasteiger partial charge in [0.1, 0.15) is 22.3 Å². The van der Waals surface area contributed by atoms with E-state index in [0.717, 1.165) is 88.2 Å². The molecule has 0 N–H and O–H groups in total. The number of para-hydroxylation sites is 2. The van der Waals surface area contributed by atoms with Gasteiger partial charge >= 0.3 is 0 Å². The molecule has 2 aromatic heterocycles. The average molecular weight is 953 g/mol. The molecule has 15 rings (SSSR count). The first-order valence-corrected chi connectivity index (χ1v) is 25.9. The Balaban J connectivity index is 0.861. The largest absolute Gasteiger partial charge is 0.456 e. The maximum atomic E-state index is 7.02. The smallest absolute Gasteiger partial charge is 0.147 e. The van der Waals surface area contributed by atoms with Crippen LogP contribution < -0.4 is 9.80 Å². The van der Waals surface area contributed by atoms with Gasteiger partial charge in [-0.1, -0.05) is 149 Å². The van der Waals surface area contributed by atoms with Gasteiger partial charge in [-0.05, 0) is 176 Å². The Morgan fingerprint density at radius 1 is 0.338 bits per heavy atom. The van der Waals surface area contributed by atoms with Crippen LogP contribution in [-0.2, 0) is 10.8 Å². The first-order valence-electron chi connectivity index (χ1n) is 25.9. The van der Waals surface area contributed by atoms with E-state index < -0.39 is 0 Å². The normalized spacial score (nSPS) is 14.0. The van der Waals surface area contributed by atoms with Gasteiger partial charge in [0.25, 0.3) is 0 Å². The fourth-order valence-corrected chi connectivity index (χ4v) is 13.3. The summed E-state index contributed by atoms with van der Waals surface area (Å²) in [6.07, 6.45) is 0. The molecule has 4 heteroatoms. The highest BCUT2D eigenvalue weighted by Crippen LogP contribution is 2.57. The van der Waals surface area contributed by atoms with Crippen molar-refractivity contribution in [3.63, 3.8) is 0 Å². The van der Waals surface area contributed by atoms with Crippen LogP contribution in [0.5, 0.6) is 0 Å². The van der Waals surface area contributed by atoms with Gasteiger partial charge in [-0.25, -0.2) is 0 Å². The molecule has 2 aliphatic rings. The number of hydrogen-bond acceptors (Lipinski definition) is 4. The lowest BCUT2D eigenvalue weighted by molar-refractivity contribution is 0.660. The van der Waals surface area contributed by atoms with E-state index in [2.05, 4.69) is 258 Å². The SMILES string of the molecule is Cc1ccccc1N(c1ccc2cc3c(cc2c1)oc1c3ccc2oc3cc4cc(N(c5ccccc5C)c5cccc6c5C(C)(C)c5ccccc5-6)ccc4cc3c21)c1cccc2c1C(C)(C)c1ccccc1-2. The van der Waals surface area contributed by atoms with Crippen molar-refractivity contribution in [2.24, 2.45) is 0 Å². The van der Waals surface area contributed by atoms with Crippen LogP contribution in [-0.4, -0.2) is 0 Å². The molecule has 0 bridgehead atoms. The number of nitrogens with zero attached hydrogens (tertiary/aromatic N) is 2. The summed E-state index contributed by atoms with van der Waals surface area (Å²) >= 11 is 0. The molecule has 13 aromatic rings. The highest BCUT2D eigenvalue weighted by molar-refractivity contribution is 6.24. The number of anilines is 6. The average Bonchev–Trinajstić information content (AvgIpc) is 4.11. The van der Waals surface area contributed by atoms with Crippen molar-refractivity contribution < 1.29 is 8.83 Å². The predicted octanol–water partition coefficient (Wildman–Crippen LogP) is 20.0. The summed E-state index contributed by atoms with van der Waals surface area (Å²) in [5, 5.41) is 8.74. The summed E-state index contributed by atoms with van der Waals surface area (Å²) in [5.41, 5.74) is 22.9. The van der Waals surface area contributed by atoms with E-state index >= 15 is 0 Å². The maximum Gasteiger partial charge on any atom is 0.147 e. The van der Waals surface area contributed by atoms with E-state index in [9.17, 15) is 0 Å². The fourth-order valence-electron chi connectivity index (χ4n) is 13.3. The Morgan fingerprint density at radius 3 is 1.34 bits per heavy atom. The molecule has 11 aromatic carbocycles. The van der Waals surface area contributed by atoms with E-state index in [-0.39, 0.29) is 10.8 Å². The molecule has 0 fully saturated rings. The van der Waals surface area contributed by atoms with Gasteiger partial charge in [0.05, 0.1) is 16.8 Å². The van der Waals surface area contributed by atoms with Gasteiger partial charge in [0.2, 0.25) is 0 Å². The standard InChI is InChI=1S/C70H52N2O2/c1-41-17-7-13-25-58(41)71(60-27-15-21-51-49-19-9-11-23-56(49)69(3,4)66(51)60)47-31-29-43-37-54-53-33-34-62-65(68(53)74-63(54)39-45(43)35-47)55-38-44-30-32-48(36-46(44)40-64(55)73-62)72(59-26-14-8-18-42(59)2)61-28-16-22-52-50-20-10-12-24-57(50)70(5,6)67(52)61/h7-40H,1-6H3. The molecule has 0 saturated carbocycles. The number of furan rings is 2. The van der Waals surface area contributed by atoms with Crippen LogP contribution in [0.1, 0.15) is 61.1 Å². The first kappa shape index (κ1) is 42.8. The van der Waals surface area contributed by atoms with E-state index in [1.165, 1.54) is 67.0 Å². The third-order valence-corrected chi connectivity index (χ3v) is 16.8. The summed E-state index contributed by atoms with van der Waals surface area (Å²) in [5.74, 6) is 0. The Labute approximate surface area is 430 Å². The number of fused-ring (bicyclic) bond motifs is 15. The van der Waals surface area contributed by atoms with Gasteiger partial charge in [-0.15, -0.1) is 0 Å². The van der Waals surface area contributed by atoms with Gasteiger partial charge in [0, 0.05) is 49.7 Å². The summed E-state index contributed by atoms with van der Waals surface area (Å²) in [7, 11) is 0. The lowest BCUT2D eigenvalue weighted by atomic mass is 9.81.